The molecule has 0 bridgehead atoms. The van der Waals surface area contributed by atoms with Crippen molar-refractivity contribution >= 4 is 5.82 Å². The van der Waals surface area contributed by atoms with Gasteiger partial charge in [0.2, 0.25) is 0 Å². The van der Waals surface area contributed by atoms with Gasteiger partial charge in [0.1, 0.15) is 11.9 Å². The summed E-state index contributed by atoms with van der Waals surface area (Å²) >= 11 is 0. The molecule has 1 aromatic heterocycles. The van der Waals surface area contributed by atoms with E-state index in [1.807, 2.05) is 6.92 Å². The highest BCUT2D eigenvalue weighted by Crippen LogP contribution is 2.50. The topological polar surface area (TPSA) is 54.7 Å². The van der Waals surface area contributed by atoms with Gasteiger partial charge in [-0.25, -0.2) is 0 Å². The maximum Gasteiger partial charge on any atom is 0.122 e. The first kappa shape index (κ1) is 11.1. The molecular formula is C13H19N3. The molecule has 0 spiro atoms. The Morgan fingerprint density at radius 2 is 2.06 bits per heavy atom. The number of aromatic nitrogens is 1. The highest BCUT2D eigenvalue weighted by atomic mass is 15.1. The smallest absolute Gasteiger partial charge is 0.122 e. The molecule has 0 aliphatic heterocycles. The molecule has 86 valence electrons. The molecule has 1 aromatic rings. The van der Waals surface area contributed by atoms with Gasteiger partial charge < -0.3 is 10.3 Å². The molecule has 0 aromatic carbocycles. The van der Waals surface area contributed by atoms with E-state index in [4.69, 9.17) is 11.0 Å². The molecule has 0 radical (unpaired) electrons. The molecule has 2 N–H and O–H groups in total. The average Bonchev–Trinajstić information content (AvgIpc) is 3.02. The minimum Gasteiger partial charge on any atom is -0.384 e. The Hall–Kier alpha value is -1.43. The summed E-state index contributed by atoms with van der Waals surface area (Å²) in [5.74, 6) is 0.650. The first-order valence-corrected chi connectivity index (χ1v) is 5.90. The van der Waals surface area contributed by atoms with Crippen molar-refractivity contribution in [2.24, 2.45) is 5.41 Å². The van der Waals surface area contributed by atoms with Gasteiger partial charge in [-0.15, -0.1) is 0 Å². The summed E-state index contributed by atoms with van der Waals surface area (Å²) in [6.07, 6.45) is 3.79. The summed E-state index contributed by atoms with van der Waals surface area (Å²) in [4.78, 5) is 0. The molecule has 3 heteroatoms. The molecule has 0 unspecified atom stereocenters. The Balaban J connectivity index is 2.39. The molecule has 2 rings (SSSR count). The second-order valence-electron chi connectivity index (χ2n) is 5.02. The van der Waals surface area contributed by atoms with E-state index in [2.05, 4.69) is 24.5 Å². The fourth-order valence-corrected chi connectivity index (χ4v) is 2.37. The van der Waals surface area contributed by atoms with E-state index in [1.54, 1.807) is 0 Å². The summed E-state index contributed by atoms with van der Waals surface area (Å²) in [6, 6.07) is 2.20. The van der Waals surface area contributed by atoms with E-state index < -0.39 is 0 Å². The molecule has 1 fully saturated rings. The predicted molar refractivity (Wildman–Crippen MR) is 65.0 cm³/mol. The lowest BCUT2D eigenvalue weighted by molar-refractivity contribution is 0.408. The fraction of sp³-hybridized carbons (Fsp3) is 0.615. The number of anilines is 1. The number of rotatable bonds is 3. The van der Waals surface area contributed by atoms with E-state index in [1.165, 1.54) is 19.3 Å². The molecule has 1 aliphatic rings. The van der Waals surface area contributed by atoms with E-state index >= 15 is 0 Å². The van der Waals surface area contributed by atoms with E-state index in [0.717, 1.165) is 17.8 Å². The van der Waals surface area contributed by atoms with Crippen molar-refractivity contribution in [3.8, 4) is 6.07 Å². The van der Waals surface area contributed by atoms with Crippen LogP contribution in [0.15, 0.2) is 0 Å². The zero-order valence-corrected chi connectivity index (χ0v) is 10.3. The third kappa shape index (κ3) is 1.49. The van der Waals surface area contributed by atoms with Gasteiger partial charge in [-0.3, -0.25) is 0 Å². The third-order valence-corrected chi connectivity index (χ3v) is 4.18. The quantitative estimate of drug-likeness (QED) is 0.846. The molecule has 1 saturated carbocycles. The van der Waals surface area contributed by atoms with Gasteiger partial charge in [-0.05, 0) is 44.1 Å². The standard InChI is InChI=1S/C13H19N3/c1-4-13(5-6-13)8-16-10(3)9(2)11(7-14)12(16)15/h4-6,8,15H2,1-3H3. The van der Waals surface area contributed by atoms with Crippen molar-refractivity contribution in [2.75, 3.05) is 5.73 Å². The van der Waals surface area contributed by atoms with Crippen LogP contribution in [0, 0.1) is 30.6 Å². The van der Waals surface area contributed by atoms with Crippen LogP contribution in [0.1, 0.15) is 43.0 Å². The average molecular weight is 217 g/mol. The molecular weight excluding hydrogens is 198 g/mol. The van der Waals surface area contributed by atoms with E-state index in [-0.39, 0.29) is 0 Å². The predicted octanol–water partition coefficient (Wildman–Crippen LogP) is 2.75. The van der Waals surface area contributed by atoms with E-state index in [9.17, 15) is 0 Å². The Morgan fingerprint density at radius 1 is 1.44 bits per heavy atom. The summed E-state index contributed by atoms with van der Waals surface area (Å²) < 4.78 is 2.13. The molecule has 0 atom stereocenters. The minimum atomic E-state index is 0.455. The first-order valence-electron chi connectivity index (χ1n) is 5.90. The summed E-state index contributed by atoms with van der Waals surface area (Å²) in [5.41, 5.74) is 9.34. The Labute approximate surface area is 96.9 Å². The van der Waals surface area contributed by atoms with Gasteiger partial charge in [0, 0.05) is 12.2 Å². The largest absolute Gasteiger partial charge is 0.384 e. The molecule has 1 aliphatic carbocycles. The van der Waals surface area contributed by atoms with E-state index in [0.29, 0.717) is 16.8 Å². The van der Waals surface area contributed by atoms with Crippen LogP contribution in [0.5, 0.6) is 0 Å². The number of hydrogen-bond donors (Lipinski definition) is 1. The Morgan fingerprint density at radius 3 is 2.44 bits per heavy atom. The monoisotopic (exact) mass is 217 g/mol. The Bertz CT molecular complexity index is 459. The highest BCUT2D eigenvalue weighted by Gasteiger charge is 2.41. The maximum atomic E-state index is 9.06. The van der Waals surface area contributed by atoms with Crippen LogP contribution < -0.4 is 5.73 Å². The van der Waals surface area contributed by atoms with Crippen LogP contribution >= 0.6 is 0 Å². The lowest BCUT2D eigenvalue weighted by atomic mass is 10.0. The minimum absolute atomic E-state index is 0.455. The number of hydrogen-bond acceptors (Lipinski definition) is 2. The molecule has 1 heterocycles. The third-order valence-electron chi connectivity index (χ3n) is 4.18. The molecule has 16 heavy (non-hydrogen) atoms. The molecule has 3 nitrogen and oxygen atoms in total. The Kier molecular flexibility index (Phi) is 2.46. The zero-order chi connectivity index (χ0) is 11.9. The number of nitrogens with two attached hydrogens (primary N) is 1. The molecule has 0 amide bonds. The fourth-order valence-electron chi connectivity index (χ4n) is 2.37. The number of nitriles is 1. The lowest BCUT2D eigenvalue weighted by Gasteiger charge is -2.16. The van der Waals surface area contributed by atoms with Gasteiger partial charge in [-0.1, -0.05) is 6.92 Å². The number of nitrogen functional groups attached to an aromatic ring is 1. The van der Waals surface area contributed by atoms with Crippen LogP contribution in [0.2, 0.25) is 0 Å². The van der Waals surface area contributed by atoms with Gasteiger partial charge in [0.05, 0.1) is 5.56 Å². The van der Waals surface area contributed by atoms with Crippen molar-refractivity contribution in [2.45, 2.75) is 46.6 Å². The normalized spacial score (nSPS) is 17.1. The van der Waals surface area contributed by atoms with Crippen molar-refractivity contribution in [1.82, 2.24) is 4.57 Å². The second kappa shape index (κ2) is 3.55. The maximum absolute atomic E-state index is 9.06. The van der Waals surface area contributed by atoms with Crippen LogP contribution in [-0.4, -0.2) is 4.57 Å². The van der Waals surface area contributed by atoms with Gasteiger partial charge in [0.15, 0.2) is 0 Å². The van der Waals surface area contributed by atoms with Crippen LogP contribution in [0.3, 0.4) is 0 Å². The second-order valence-corrected chi connectivity index (χ2v) is 5.02. The van der Waals surface area contributed by atoms with Crippen molar-refractivity contribution in [1.29, 1.82) is 5.26 Å². The van der Waals surface area contributed by atoms with Crippen LogP contribution in [-0.2, 0) is 6.54 Å². The zero-order valence-electron chi connectivity index (χ0n) is 10.3. The van der Waals surface area contributed by atoms with Gasteiger partial charge >= 0.3 is 0 Å². The van der Waals surface area contributed by atoms with Crippen molar-refractivity contribution < 1.29 is 0 Å². The first-order chi connectivity index (χ1) is 7.54. The van der Waals surface area contributed by atoms with Gasteiger partial charge in [-0.2, -0.15) is 5.26 Å². The van der Waals surface area contributed by atoms with Gasteiger partial charge in [0.25, 0.3) is 0 Å². The number of nitrogens with zero attached hydrogens (tertiary/aromatic N) is 2. The SMILES string of the molecule is CCC1(Cn2c(C)c(C)c(C#N)c2N)CC1. The highest BCUT2D eigenvalue weighted by molar-refractivity contribution is 5.57. The lowest BCUT2D eigenvalue weighted by Crippen LogP contribution is -2.14. The summed E-state index contributed by atoms with van der Waals surface area (Å²) in [7, 11) is 0. The molecule has 0 saturated heterocycles. The van der Waals surface area contributed by atoms with Crippen molar-refractivity contribution in [3.05, 3.63) is 16.8 Å². The van der Waals surface area contributed by atoms with Crippen LogP contribution in [0.25, 0.3) is 0 Å². The summed E-state index contributed by atoms with van der Waals surface area (Å²) in [6.45, 7) is 7.24. The summed E-state index contributed by atoms with van der Waals surface area (Å²) in [5, 5.41) is 9.06. The van der Waals surface area contributed by atoms with Crippen LogP contribution in [0.4, 0.5) is 5.82 Å². The van der Waals surface area contributed by atoms with Crippen molar-refractivity contribution in [3.63, 3.8) is 0 Å².